The Bertz CT molecular complexity index is 1430. The molecule has 4 aromatic rings. The molecule has 1 aliphatic rings. The number of carbonyl (C=O) groups is 1. The van der Waals surface area contributed by atoms with E-state index >= 15 is 0 Å². The van der Waals surface area contributed by atoms with Gasteiger partial charge in [-0.3, -0.25) is 4.79 Å². The molecule has 0 unspecified atom stereocenters. The van der Waals surface area contributed by atoms with E-state index in [1.807, 2.05) is 24.3 Å². The summed E-state index contributed by atoms with van der Waals surface area (Å²) in [6.45, 7) is 5.50. The Morgan fingerprint density at radius 2 is 1.67 bits per heavy atom. The number of fused-ring (bicyclic) bond motifs is 2. The third kappa shape index (κ3) is 4.76. The first kappa shape index (κ1) is 26.6. The number of hydrogen-bond donors (Lipinski definition) is 2. The molecule has 0 aromatic heterocycles. The number of halogens is 3. The van der Waals surface area contributed by atoms with Crippen molar-refractivity contribution >= 4 is 68.7 Å². The molecule has 4 nitrogen and oxygen atoms in total. The van der Waals surface area contributed by atoms with Gasteiger partial charge in [-0.1, -0.05) is 72.9 Å². The Hall–Kier alpha value is -2.50. The summed E-state index contributed by atoms with van der Waals surface area (Å²) in [5, 5.41) is 8.75. The van der Waals surface area contributed by atoms with Gasteiger partial charge in [-0.05, 0) is 58.3 Å². The lowest BCUT2D eigenvalue weighted by Gasteiger charge is -2.34. The standard InChI is InChI=1S/C29H29Cl2N3O.ClH/c1-2-3-9-20-25(21-10-6-11-24(30)27(21)31)22-16-18-7-4-5-8-19(18)17-23(22)28(26(20)29(32)35)34-14-12-33-13-15-34;/h4-8,10-11,16-17,33H,2-3,9,12-15H2,1H3,(H2,32,35);1H. The van der Waals surface area contributed by atoms with Crippen LogP contribution < -0.4 is 16.0 Å². The zero-order valence-corrected chi connectivity index (χ0v) is 22.6. The van der Waals surface area contributed by atoms with E-state index in [4.69, 9.17) is 28.9 Å². The molecular formula is C29H30Cl3N3O. The second-order valence-corrected chi connectivity index (χ2v) is 9.91. The fourth-order valence-corrected chi connectivity index (χ4v) is 5.69. The van der Waals surface area contributed by atoms with Gasteiger partial charge < -0.3 is 16.0 Å². The Kier molecular flexibility index (Phi) is 8.31. The average Bonchev–Trinajstić information content (AvgIpc) is 2.87. The van der Waals surface area contributed by atoms with Crippen molar-refractivity contribution < 1.29 is 4.79 Å². The highest BCUT2D eigenvalue weighted by atomic mass is 35.5. The number of nitrogens with zero attached hydrogens (tertiary/aromatic N) is 1. The Balaban J connectivity index is 0.00000304. The summed E-state index contributed by atoms with van der Waals surface area (Å²) in [7, 11) is 0. The molecule has 1 aliphatic heterocycles. The number of unbranched alkanes of at least 4 members (excludes halogenated alkanes) is 1. The number of benzene rings is 4. The highest BCUT2D eigenvalue weighted by Gasteiger charge is 2.28. The van der Waals surface area contributed by atoms with Crippen LogP contribution in [0, 0.1) is 0 Å². The molecule has 0 atom stereocenters. The van der Waals surface area contributed by atoms with Crippen molar-refractivity contribution in [3.8, 4) is 11.1 Å². The van der Waals surface area contributed by atoms with Crippen LogP contribution in [-0.2, 0) is 6.42 Å². The first-order valence-corrected chi connectivity index (χ1v) is 13.0. The molecule has 5 rings (SSSR count). The van der Waals surface area contributed by atoms with E-state index in [2.05, 4.69) is 41.4 Å². The van der Waals surface area contributed by atoms with Crippen molar-refractivity contribution in [2.24, 2.45) is 5.73 Å². The van der Waals surface area contributed by atoms with Crippen LogP contribution in [0.3, 0.4) is 0 Å². The lowest BCUT2D eigenvalue weighted by Crippen LogP contribution is -2.44. The fraction of sp³-hybridized carbons (Fsp3) is 0.276. The molecule has 1 fully saturated rings. The summed E-state index contributed by atoms with van der Waals surface area (Å²) in [5.41, 5.74) is 10.5. The van der Waals surface area contributed by atoms with E-state index in [9.17, 15) is 4.79 Å². The van der Waals surface area contributed by atoms with Gasteiger partial charge in [0.2, 0.25) is 0 Å². The highest BCUT2D eigenvalue weighted by molar-refractivity contribution is 6.44. The van der Waals surface area contributed by atoms with E-state index in [0.29, 0.717) is 15.6 Å². The molecule has 1 amide bonds. The number of amides is 1. The monoisotopic (exact) mass is 541 g/mol. The van der Waals surface area contributed by atoms with Crippen LogP contribution in [0.1, 0.15) is 35.7 Å². The lowest BCUT2D eigenvalue weighted by atomic mass is 9.84. The number of primary amides is 1. The molecule has 0 saturated carbocycles. The third-order valence-electron chi connectivity index (χ3n) is 6.93. The summed E-state index contributed by atoms with van der Waals surface area (Å²) < 4.78 is 0. The molecular weight excluding hydrogens is 513 g/mol. The number of rotatable bonds is 6. The van der Waals surface area contributed by atoms with Gasteiger partial charge in [-0.15, -0.1) is 12.4 Å². The molecule has 3 N–H and O–H groups in total. The van der Waals surface area contributed by atoms with Crippen molar-refractivity contribution in [3.63, 3.8) is 0 Å². The minimum atomic E-state index is -0.404. The van der Waals surface area contributed by atoms with Crippen molar-refractivity contribution in [2.75, 3.05) is 31.1 Å². The Morgan fingerprint density at radius 3 is 2.31 bits per heavy atom. The second kappa shape index (κ2) is 11.3. The number of nitrogens with one attached hydrogen (secondary N) is 1. The maximum Gasteiger partial charge on any atom is 0.251 e. The van der Waals surface area contributed by atoms with Crippen LogP contribution in [0.4, 0.5) is 5.69 Å². The summed E-state index contributed by atoms with van der Waals surface area (Å²) in [6, 6.07) is 18.4. The molecule has 36 heavy (non-hydrogen) atoms. The molecule has 4 aromatic carbocycles. The van der Waals surface area contributed by atoms with Gasteiger partial charge in [0.25, 0.3) is 5.91 Å². The quantitative estimate of drug-likeness (QED) is 0.253. The van der Waals surface area contributed by atoms with E-state index in [1.165, 1.54) is 0 Å². The van der Waals surface area contributed by atoms with Gasteiger partial charge in [0, 0.05) is 37.1 Å². The maximum absolute atomic E-state index is 13.2. The first-order chi connectivity index (χ1) is 17.0. The predicted molar refractivity (Wildman–Crippen MR) is 156 cm³/mol. The molecule has 0 spiro atoms. The van der Waals surface area contributed by atoms with Crippen LogP contribution in [-0.4, -0.2) is 32.1 Å². The van der Waals surface area contributed by atoms with Crippen LogP contribution in [0.2, 0.25) is 10.0 Å². The molecule has 1 heterocycles. The zero-order chi connectivity index (χ0) is 24.5. The molecule has 1 saturated heterocycles. The van der Waals surface area contributed by atoms with Gasteiger partial charge >= 0.3 is 0 Å². The van der Waals surface area contributed by atoms with Gasteiger partial charge in [-0.2, -0.15) is 0 Å². The molecule has 0 aliphatic carbocycles. The van der Waals surface area contributed by atoms with Crippen LogP contribution in [0.25, 0.3) is 32.7 Å². The minimum Gasteiger partial charge on any atom is -0.368 e. The van der Waals surface area contributed by atoms with E-state index in [0.717, 1.165) is 89.4 Å². The van der Waals surface area contributed by atoms with Crippen molar-refractivity contribution in [1.29, 1.82) is 0 Å². The maximum atomic E-state index is 13.2. The molecule has 188 valence electrons. The van der Waals surface area contributed by atoms with E-state index < -0.39 is 5.91 Å². The van der Waals surface area contributed by atoms with Crippen molar-refractivity contribution in [2.45, 2.75) is 26.2 Å². The lowest BCUT2D eigenvalue weighted by molar-refractivity contribution is 0.1000. The van der Waals surface area contributed by atoms with Crippen LogP contribution in [0.15, 0.2) is 54.6 Å². The van der Waals surface area contributed by atoms with Gasteiger partial charge in [0.15, 0.2) is 0 Å². The summed E-state index contributed by atoms with van der Waals surface area (Å²) in [4.78, 5) is 15.5. The topological polar surface area (TPSA) is 58.4 Å². The third-order valence-corrected chi connectivity index (χ3v) is 7.75. The smallest absolute Gasteiger partial charge is 0.251 e. The number of anilines is 1. The molecule has 7 heteroatoms. The van der Waals surface area contributed by atoms with Crippen molar-refractivity contribution in [1.82, 2.24) is 5.32 Å². The summed E-state index contributed by atoms with van der Waals surface area (Å²) in [6.07, 6.45) is 2.67. The zero-order valence-electron chi connectivity index (χ0n) is 20.2. The Labute approximate surface area is 228 Å². The predicted octanol–water partition coefficient (Wildman–Crippen LogP) is 7.24. The molecule has 0 radical (unpaired) electrons. The average molecular weight is 543 g/mol. The summed E-state index contributed by atoms with van der Waals surface area (Å²) >= 11 is 13.3. The van der Waals surface area contributed by atoms with E-state index in [-0.39, 0.29) is 12.4 Å². The Morgan fingerprint density at radius 1 is 1.00 bits per heavy atom. The van der Waals surface area contributed by atoms with Gasteiger partial charge in [-0.25, -0.2) is 0 Å². The number of carbonyl (C=O) groups excluding carboxylic acids is 1. The van der Waals surface area contributed by atoms with Crippen LogP contribution >= 0.6 is 35.6 Å². The largest absolute Gasteiger partial charge is 0.368 e. The molecule has 0 bridgehead atoms. The van der Waals surface area contributed by atoms with Crippen LogP contribution in [0.5, 0.6) is 0 Å². The van der Waals surface area contributed by atoms with Crippen molar-refractivity contribution in [3.05, 3.63) is 75.8 Å². The number of hydrogen-bond acceptors (Lipinski definition) is 3. The second-order valence-electron chi connectivity index (χ2n) is 9.13. The summed E-state index contributed by atoms with van der Waals surface area (Å²) in [5.74, 6) is -0.404. The SMILES string of the molecule is CCCCc1c(C(N)=O)c(N2CCNCC2)c2cc3ccccc3cc2c1-c1cccc(Cl)c1Cl.Cl. The number of nitrogens with two attached hydrogens (primary N) is 1. The normalized spacial score (nSPS) is 13.7. The number of piperazine rings is 1. The van der Waals surface area contributed by atoms with Gasteiger partial charge in [0.1, 0.15) is 0 Å². The van der Waals surface area contributed by atoms with Gasteiger partial charge in [0.05, 0.1) is 21.3 Å². The van der Waals surface area contributed by atoms with E-state index in [1.54, 1.807) is 6.07 Å². The minimum absolute atomic E-state index is 0. The first-order valence-electron chi connectivity index (χ1n) is 12.2. The highest BCUT2D eigenvalue weighted by Crippen LogP contribution is 2.46. The fourth-order valence-electron chi connectivity index (χ4n) is 5.30.